The van der Waals surface area contributed by atoms with Crippen molar-refractivity contribution in [3.05, 3.63) is 0 Å². The summed E-state index contributed by atoms with van der Waals surface area (Å²) in [6.07, 6.45) is 2.49. The quantitative estimate of drug-likeness (QED) is 0.687. The summed E-state index contributed by atoms with van der Waals surface area (Å²) >= 11 is 0. The first kappa shape index (κ1) is 10.5. The molecule has 1 fully saturated rings. The molecular weight excluding hydrogens is 166 g/mol. The molecule has 76 valence electrons. The zero-order valence-electron chi connectivity index (χ0n) is 8.63. The van der Waals surface area contributed by atoms with E-state index >= 15 is 0 Å². The lowest BCUT2D eigenvalue weighted by atomic mass is 9.74. The molecule has 0 amide bonds. The van der Waals surface area contributed by atoms with Gasteiger partial charge in [0.2, 0.25) is 0 Å². The lowest BCUT2D eigenvalue weighted by molar-refractivity contribution is -0.138. The van der Waals surface area contributed by atoms with Crippen molar-refractivity contribution in [1.29, 1.82) is 0 Å². The second-order valence-corrected chi connectivity index (χ2v) is 4.75. The molecule has 2 atom stereocenters. The fourth-order valence-corrected chi connectivity index (χ4v) is 1.92. The Labute approximate surface area is 79.5 Å². The number of aliphatic carboxylic acids is 1. The van der Waals surface area contributed by atoms with Gasteiger partial charge in [0.1, 0.15) is 0 Å². The van der Waals surface area contributed by atoms with Gasteiger partial charge in [-0.25, -0.2) is 0 Å². The summed E-state index contributed by atoms with van der Waals surface area (Å²) in [5.74, 6) is -0.709. The number of rotatable bonds is 2. The molecule has 1 aliphatic heterocycles. The zero-order valence-corrected chi connectivity index (χ0v) is 8.63. The number of carboxylic acids is 1. The summed E-state index contributed by atoms with van der Waals surface area (Å²) in [7, 11) is 0. The maximum atomic E-state index is 10.6. The normalized spacial score (nSPS) is 32.8. The molecule has 0 aromatic heterocycles. The molecule has 0 aromatic carbocycles. The van der Waals surface area contributed by atoms with Crippen LogP contribution in [0.5, 0.6) is 0 Å². The molecule has 0 aliphatic carbocycles. The summed E-state index contributed by atoms with van der Waals surface area (Å²) in [5.41, 5.74) is 0.116. The van der Waals surface area contributed by atoms with E-state index < -0.39 is 5.97 Å². The molecule has 0 saturated carbocycles. The third-order valence-corrected chi connectivity index (χ3v) is 3.03. The van der Waals surface area contributed by atoms with Gasteiger partial charge in [0.05, 0.1) is 6.42 Å². The Bertz CT molecular complexity index is 201. The lowest BCUT2D eigenvalue weighted by Crippen LogP contribution is -2.51. The predicted octanol–water partition coefficient (Wildman–Crippen LogP) is 1.63. The van der Waals surface area contributed by atoms with E-state index in [4.69, 9.17) is 5.11 Å². The Morgan fingerprint density at radius 2 is 2.23 bits per heavy atom. The van der Waals surface area contributed by atoms with Crippen LogP contribution >= 0.6 is 0 Å². The fourth-order valence-electron chi connectivity index (χ4n) is 1.92. The first-order valence-electron chi connectivity index (χ1n) is 4.89. The monoisotopic (exact) mass is 185 g/mol. The SMILES string of the molecule is C[C@@H]1CCC(C)(C)[C@@H](CC(=O)O)N1. The molecule has 1 aliphatic rings. The lowest BCUT2D eigenvalue weighted by Gasteiger charge is -2.41. The maximum absolute atomic E-state index is 10.6. The van der Waals surface area contributed by atoms with Crippen molar-refractivity contribution in [1.82, 2.24) is 5.32 Å². The molecule has 3 nitrogen and oxygen atoms in total. The number of nitrogens with one attached hydrogen (secondary N) is 1. The predicted molar refractivity (Wildman–Crippen MR) is 51.7 cm³/mol. The van der Waals surface area contributed by atoms with Gasteiger partial charge in [-0.05, 0) is 25.2 Å². The van der Waals surface area contributed by atoms with Crippen LogP contribution in [-0.2, 0) is 4.79 Å². The molecule has 0 spiro atoms. The highest BCUT2D eigenvalue weighted by molar-refractivity contribution is 5.67. The van der Waals surface area contributed by atoms with E-state index in [1.165, 1.54) is 0 Å². The minimum absolute atomic E-state index is 0.116. The van der Waals surface area contributed by atoms with Crippen molar-refractivity contribution >= 4 is 5.97 Å². The Morgan fingerprint density at radius 1 is 1.62 bits per heavy atom. The highest BCUT2D eigenvalue weighted by Gasteiger charge is 2.35. The van der Waals surface area contributed by atoms with Crippen molar-refractivity contribution < 1.29 is 9.90 Å². The van der Waals surface area contributed by atoms with E-state index in [1.807, 2.05) is 0 Å². The van der Waals surface area contributed by atoms with Crippen LogP contribution < -0.4 is 5.32 Å². The van der Waals surface area contributed by atoms with Gasteiger partial charge in [0.15, 0.2) is 0 Å². The minimum Gasteiger partial charge on any atom is -0.481 e. The molecule has 0 radical (unpaired) electrons. The van der Waals surface area contributed by atoms with E-state index in [2.05, 4.69) is 26.1 Å². The Balaban J connectivity index is 2.61. The number of piperidine rings is 1. The van der Waals surface area contributed by atoms with Gasteiger partial charge in [0.25, 0.3) is 0 Å². The largest absolute Gasteiger partial charge is 0.481 e. The van der Waals surface area contributed by atoms with E-state index in [0.717, 1.165) is 12.8 Å². The molecule has 0 bridgehead atoms. The highest BCUT2D eigenvalue weighted by atomic mass is 16.4. The molecule has 0 aromatic rings. The standard InChI is InChI=1S/C10H19NO2/c1-7-4-5-10(2,3)8(11-7)6-9(12)13/h7-8,11H,4-6H2,1-3H3,(H,12,13)/t7-,8-/m1/s1. The molecule has 1 saturated heterocycles. The number of carbonyl (C=O) groups is 1. The molecule has 13 heavy (non-hydrogen) atoms. The third-order valence-electron chi connectivity index (χ3n) is 3.03. The van der Waals surface area contributed by atoms with Gasteiger partial charge in [-0.1, -0.05) is 13.8 Å². The smallest absolute Gasteiger partial charge is 0.304 e. The van der Waals surface area contributed by atoms with Crippen LogP contribution in [0.3, 0.4) is 0 Å². The van der Waals surface area contributed by atoms with Gasteiger partial charge in [-0.3, -0.25) is 4.79 Å². The third kappa shape index (κ3) is 2.69. The summed E-state index contributed by atoms with van der Waals surface area (Å²) in [4.78, 5) is 10.6. The zero-order chi connectivity index (χ0) is 10.1. The summed E-state index contributed by atoms with van der Waals surface area (Å²) in [5, 5.41) is 12.1. The van der Waals surface area contributed by atoms with Crippen LogP contribution in [0.1, 0.15) is 40.0 Å². The van der Waals surface area contributed by atoms with Crippen molar-refractivity contribution in [2.75, 3.05) is 0 Å². The summed E-state index contributed by atoms with van der Waals surface area (Å²) in [6.45, 7) is 6.39. The van der Waals surface area contributed by atoms with Crippen molar-refractivity contribution in [2.24, 2.45) is 5.41 Å². The van der Waals surface area contributed by atoms with Crippen LogP contribution in [-0.4, -0.2) is 23.2 Å². The first-order chi connectivity index (χ1) is 5.92. The molecule has 0 unspecified atom stereocenters. The number of hydrogen-bond donors (Lipinski definition) is 2. The van der Waals surface area contributed by atoms with Crippen molar-refractivity contribution in [3.63, 3.8) is 0 Å². The second-order valence-electron chi connectivity index (χ2n) is 4.75. The van der Waals surface area contributed by atoms with Crippen LogP contribution in [0.25, 0.3) is 0 Å². The van der Waals surface area contributed by atoms with E-state index in [0.29, 0.717) is 6.04 Å². The van der Waals surface area contributed by atoms with E-state index in [1.54, 1.807) is 0 Å². The summed E-state index contributed by atoms with van der Waals surface area (Å²) < 4.78 is 0. The Kier molecular flexibility index (Phi) is 2.96. The molecule has 2 N–H and O–H groups in total. The number of carboxylic acid groups (broad SMARTS) is 1. The molecule has 1 heterocycles. The minimum atomic E-state index is -0.709. The van der Waals surface area contributed by atoms with Gasteiger partial charge < -0.3 is 10.4 Å². The molecule has 3 heteroatoms. The van der Waals surface area contributed by atoms with Gasteiger partial charge in [0, 0.05) is 12.1 Å². The Morgan fingerprint density at radius 3 is 2.77 bits per heavy atom. The van der Waals surface area contributed by atoms with Gasteiger partial charge in [-0.15, -0.1) is 0 Å². The second kappa shape index (κ2) is 3.66. The van der Waals surface area contributed by atoms with Crippen molar-refractivity contribution in [2.45, 2.75) is 52.1 Å². The average molecular weight is 185 g/mol. The first-order valence-corrected chi connectivity index (χ1v) is 4.89. The van der Waals surface area contributed by atoms with Crippen LogP contribution in [0.2, 0.25) is 0 Å². The fraction of sp³-hybridized carbons (Fsp3) is 0.900. The van der Waals surface area contributed by atoms with E-state index in [-0.39, 0.29) is 17.9 Å². The molecule has 1 rings (SSSR count). The van der Waals surface area contributed by atoms with Gasteiger partial charge >= 0.3 is 5.97 Å². The van der Waals surface area contributed by atoms with Gasteiger partial charge in [-0.2, -0.15) is 0 Å². The number of hydrogen-bond acceptors (Lipinski definition) is 2. The molecular formula is C10H19NO2. The van der Waals surface area contributed by atoms with Crippen molar-refractivity contribution in [3.8, 4) is 0 Å². The van der Waals surface area contributed by atoms with Crippen LogP contribution in [0.4, 0.5) is 0 Å². The Hall–Kier alpha value is -0.570. The topological polar surface area (TPSA) is 49.3 Å². The van der Waals surface area contributed by atoms with Crippen LogP contribution in [0, 0.1) is 5.41 Å². The van der Waals surface area contributed by atoms with E-state index in [9.17, 15) is 4.79 Å². The van der Waals surface area contributed by atoms with Crippen LogP contribution in [0.15, 0.2) is 0 Å². The summed E-state index contributed by atoms with van der Waals surface area (Å²) in [6, 6.07) is 0.575. The average Bonchev–Trinajstić information content (AvgIpc) is 1.97. The maximum Gasteiger partial charge on any atom is 0.304 e. The highest BCUT2D eigenvalue weighted by Crippen LogP contribution is 2.33.